The molecule has 0 amide bonds. The van der Waals surface area contributed by atoms with E-state index in [1.54, 1.807) is 20.1 Å². The SMILES string of the molecule is COc1cccc(C(C)(O)[SH2+])c1. The van der Waals surface area contributed by atoms with Crippen LogP contribution in [0.5, 0.6) is 5.75 Å². The Labute approximate surface area is 77.6 Å². The lowest BCUT2D eigenvalue weighted by molar-refractivity contribution is 0.160. The second kappa shape index (κ2) is 3.37. The number of methoxy groups -OCH3 is 1. The van der Waals surface area contributed by atoms with Crippen molar-refractivity contribution in [2.24, 2.45) is 0 Å². The van der Waals surface area contributed by atoms with Crippen molar-refractivity contribution in [3.8, 4) is 5.75 Å². The molecule has 66 valence electrons. The third-order valence-electron chi connectivity index (χ3n) is 1.63. The summed E-state index contributed by atoms with van der Waals surface area (Å²) >= 11 is 3.20. The van der Waals surface area contributed by atoms with Gasteiger partial charge in [-0.3, -0.25) is 0 Å². The summed E-state index contributed by atoms with van der Waals surface area (Å²) in [5.41, 5.74) is 0.776. The maximum Gasteiger partial charge on any atom is 0.244 e. The number of hydrogen-bond donors (Lipinski definition) is 1. The van der Waals surface area contributed by atoms with Crippen LogP contribution in [-0.4, -0.2) is 12.2 Å². The van der Waals surface area contributed by atoms with E-state index in [9.17, 15) is 5.11 Å². The number of benzene rings is 1. The van der Waals surface area contributed by atoms with Crippen LogP contribution in [0.1, 0.15) is 12.5 Å². The van der Waals surface area contributed by atoms with Gasteiger partial charge in [0.2, 0.25) is 4.93 Å². The van der Waals surface area contributed by atoms with Crippen molar-refractivity contribution in [3.05, 3.63) is 29.8 Å². The number of aliphatic hydroxyl groups is 1. The van der Waals surface area contributed by atoms with Gasteiger partial charge in [0, 0.05) is 12.5 Å². The van der Waals surface area contributed by atoms with Gasteiger partial charge in [-0.1, -0.05) is 12.1 Å². The van der Waals surface area contributed by atoms with Crippen LogP contribution in [-0.2, 0) is 17.6 Å². The van der Waals surface area contributed by atoms with Gasteiger partial charge in [-0.2, -0.15) is 0 Å². The molecule has 2 nitrogen and oxygen atoms in total. The van der Waals surface area contributed by atoms with Gasteiger partial charge in [0.05, 0.1) is 7.11 Å². The summed E-state index contributed by atoms with van der Waals surface area (Å²) < 4.78 is 5.02. The normalized spacial score (nSPS) is 15.3. The summed E-state index contributed by atoms with van der Waals surface area (Å²) in [5, 5.41) is 9.57. The molecular formula is C9H13O2S+. The third kappa shape index (κ3) is 2.16. The second-order valence-corrected chi connectivity index (χ2v) is 3.78. The highest BCUT2D eigenvalue weighted by molar-refractivity contribution is 7.59. The Morgan fingerprint density at radius 1 is 1.50 bits per heavy atom. The van der Waals surface area contributed by atoms with E-state index in [2.05, 4.69) is 12.6 Å². The van der Waals surface area contributed by atoms with Crippen LogP contribution in [0.3, 0.4) is 0 Å². The molecule has 1 rings (SSSR count). The van der Waals surface area contributed by atoms with Crippen molar-refractivity contribution in [1.82, 2.24) is 0 Å². The molecular weight excluding hydrogens is 172 g/mol. The molecule has 0 saturated heterocycles. The van der Waals surface area contributed by atoms with Crippen molar-refractivity contribution >= 4 is 12.6 Å². The molecule has 0 bridgehead atoms. The van der Waals surface area contributed by atoms with Gasteiger partial charge < -0.3 is 9.84 Å². The summed E-state index contributed by atoms with van der Waals surface area (Å²) in [5.74, 6) is 0.742. The Morgan fingerprint density at radius 3 is 2.67 bits per heavy atom. The van der Waals surface area contributed by atoms with Gasteiger partial charge >= 0.3 is 0 Å². The van der Waals surface area contributed by atoms with E-state index in [-0.39, 0.29) is 0 Å². The topological polar surface area (TPSA) is 29.5 Å². The third-order valence-corrected chi connectivity index (χ3v) is 1.92. The average Bonchev–Trinajstić information content (AvgIpc) is 2.03. The van der Waals surface area contributed by atoms with Gasteiger partial charge in [0.15, 0.2) is 0 Å². The van der Waals surface area contributed by atoms with Gasteiger partial charge in [-0.25, -0.2) is 0 Å². The molecule has 0 heterocycles. The molecule has 1 aromatic carbocycles. The molecule has 1 N–H and O–H groups in total. The lowest BCUT2D eigenvalue weighted by atomic mass is 10.1. The average molecular weight is 185 g/mol. The summed E-state index contributed by atoms with van der Waals surface area (Å²) in [4.78, 5) is -0.992. The van der Waals surface area contributed by atoms with E-state index in [0.717, 1.165) is 11.3 Å². The van der Waals surface area contributed by atoms with Gasteiger partial charge in [-0.05, 0) is 24.8 Å². The smallest absolute Gasteiger partial charge is 0.244 e. The zero-order chi connectivity index (χ0) is 9.19. The molecule has 0 saturated carbocycles. The quantitative estimate of drug-likeness (QED) is 0.693. The van der Waals surface area contributed by atoms with E-state index in [1.807, 2.05) is 18.2 Å². The second-order valence-electron chi connectivity index (χ2n) is 2.80. The Hall–Kier alpha value is -0.670. The first kappa shape index (κ1) is 9.42. The van der Waals surface area contributed by atoms with Crippen LogP contribution in [0.15, 0.2) is 24.3 Å². The Bertz CT molecular complexity index is 265. The minimum Gasteiger partial charge on any atom is -0.497 e. The lowest BCUT2D eigenvalue weighted by Gasteiger charge is -2.11. The van der Waals surface area contributed by atoms with Crippen LogP contribution in [0.2, 0.25) is 0 Å². The fraction of sp³-hybridized carbons (Fsp3) is 0.333. The number of ether oxygens (including phenoxy) is 1. The maximum absolute atomic E-state index is 9.57. The van der Waals surface area contributed by atoms with E-state index in [1.165, 1.54) is 0 Å². The summed E-state index contributed by atoms with van der Waals surface area (Å²) in [6.45, 7) is 1.67. The molecule has 0 spiro atoms. The first-order valence-corrected chi connectivity index (χ1v) is 4.16. The van der Waals surface area contributed by atoms with Gasteiger partial charge in [0.25, 0.3) is 0 Å². The highest BCUT2D eigenvalue weighted by Crippen LogP contribution is 2.22. The number of rotatable bonds is 2. The molecule has 0 aliphatic rings. The molecule has 1 unspecified atom stereocenters. The van der Waals surface area contributed by atoms with Crippen LogP contribution in [0.25, 0.3) is 0 Å². The van der Waals surface area contributed by atoms with E-state index < -0.39 is 4.93 Å². The van der Waals surface area contributed by atoms with Crippen molar-refractivity contribution in [3.63, 3.8) is 0 Å². The standard InChI is InChI=1S/C9H12O2S/c1-9(10,12)7-4-3-5-8(6-7)11-2/h3-6,10,12H,1-2H3/p+1. The van der Waals surface area contributed by atoms with Gasteiger partial charge in [0.1, 0.15) is 5.75 Å². The summed E-state index contributed by atoms with van der Waals surface area (Å²) in [6, 6.07) is 7.28. The molecule has 3 heteroatoms. The van der Waals surface area contributed by atoms with Crippen LogP contribution in [0.4, 0.5) is 0 Å². The molecule has 12 heavy (non-hydrogen) atoms. The highest BCUT2D eigenvalue weighted by Gasteiger charge is 2.23. The Morgan fingerprint density at radius 2 is 2.17 bits per heavy atom. The van der Waals surface area contributed by atoms with Crippen LogP contribution >= 0.6 is 0 Å². The molecule has 1 aromatic rings. The monoisotopic (exact) mass is 185 g/mol. The number of hydrogen-bond acceptors (Lipinski definition) is 2. The van der Waals surface area contributed by atoms with E-state index in [0.29, 0.717) is 0 Å². The first-order chi connectivity index (χ1) is 5.54. The zero-order valence-corrected chi connectivity index (χ0v) is 8.16. The minimum atomic E-state index is -0.992. The molecule has 0 fully saturated rings. The maximum atomic E-state index is 9.57. The largest absolute Gasteiger partial charge is 0.497 e. The lowest BCUT2D eigenvalue weighted by Crippen LogP contribution is -2.16. The molecule has 0 aliphatic carbocycles. The summed E-state index contributed by atoms with van der Waals surface area (Å²) in [6.07, 6.45) is 0. The van der Waals surface area contributed by atoms with Crippen LogP contribution in [0, 0.1) is 0 Å². The van der Waals surface area contributed by atoms with Crippen molar-refractivity contribution in [1.29, 1.82) is 0 Å². The molecule has 0 radical (unpaired) electrons. The van der Waals surface area contributed by atoms with E-state index >= 15 is 0 Å². The van der Waals surface area contributed by atoms with E-state index in [4.69, 9.17) is 4.74 Å². The fourth-order valence-electron chi connectivity index (χ4n) is 0.926. The first-order valence-electron chi connectivity index (χ1n) is 3.66. The predicted octanol–water partition coefficient (Wildman–Crippen LogP) is 0.872. The highest BCUT2D eigenvalue weighted by atomic mass is 32.1. The summed E-state index contributed by atoms with van der Waals surface area (Å²) in [7, 11) is 1.60. The molecule has 0 aromatic heterocycles. The molecule has 1 atom stereocenters. The minimum absolute atomic E-state index is 0.742. The Balaban J connectivity index is 3.02. The van der Waals surface area contributed by atoms with Crippen LogP contribution < -0.4 is 4.74 Å². The molecule has 0 aliphatic heterocycles. The predicted molar refractivity (Wildman–Crippen MR) is 52.7 cm³/mol. The zero-order valence-electron chi connectivity index (χ0n) is 7.16. The fourth-order valence-corrected chi connectivity index (χ4v) is 1.08. The van der Waals surface area contributed by atoms with Crippen molar-refractivity contribution in [2.75, 3.05) is 7.11 Å². The Kier molecular flexibility index (Phi) is 2.65. The van der Waals surface area contributed by atoms with Crippen molar-refractivity contribution < 1.29 is 9.84 Å². The van der Waals surface area contributed by atoms with Gasteiger partial charge in [-0.15, -0.1) is 0 Å². The van der Waals surface area contributed by atoms with Crippen molar-refractivity contribution in [2.45, 2.75) is 11.9 Å².